The van der Waals surface area contributed by atoms with Crippen LogP contribution in [0.3, 0.4) is 0 Å². The largest absolute Gasteiger partial charge is 0.368 e. The van der Waals surface area contributed by atoms with E-state index in [9.17, 15) is 4.79 Å². The molecule has 0 aliphatic carbocycles. The van der Waals surface area contributed by atoms with E-state index in [-0.39, 0.29) is 6.03 Å². The van der Waals surface area contributed by atoms with Crippen molar-refractivity contribution in [3.8, 4) is 0 Å². The summed E-state index contributed by atoms with van der Waals surface area (Å²) >= 11 is 0. The number of para-hydroxylation sites is 1. The van der Waals surface area contributed by atoms with Crippen LogP contribution in [0.1, 0.15) is 11.1 Å². The fraction of sp³-hybridized carbons (Fsp3) is 0.167. The molecule has 0 unspecified atom stereocenters. The third-order valence-electron chi connectivity index (χ3n) is 5.00. The number of amidine groups is 1. The number of nitrogens with zero attached hydrogens (tertiary/aromatic N) is 4. The van der Waals surface area contributed by atoms with Crippen molar-refractivity contribution in [2.45, 2.75) is 6.92 Å². The molecule has 2 amide bonds. The lowest BCUT2D eigenvalue weighted by molar-refractivity contribution is 0.249. The van der Waals surface area contributed by atoms with Gasteiger partial charge in [-0.05, 0) is 55.5 Å². The topological polar surface area (TPSA) is 47.9 Å². The van der Waals surface area contributed by atoms with E-state index in [2.05, 4.69) is 43.8 Å². The summed E-state index contributed by atoms with van der Waals surface area (Å²) in [6.07, 6.45) is 0. The predicted molar refractivity (Wildman–Crippen MR) is 124 cm³/mol. The number of rotatable bonds is 4. The minimum atomic E-state index is -0.267. The van der Waals surface area contributed by atoms with Crippen molar-refractivity contribution in [2.24, 2.45) is 5.10 Å². The summed E-state index contributed by atoms with van der Waals surface area (Å²) in [7, 11) is 6.38. The molecule has 0 fully saturated rings. The molecule has 1 aliphatic rings. The molecule has 0 saturated heterocycles. The number of hydrogen-bond acceptors (Lipinski definition) is 3. The Morgan fingerprint density at radius 1 is 0.800 bits per heavy atom. The molecule has 1 aliphatic heterocycles. The van der Waals surface area contributed by atoms with Gasteiger partial charge in [-0.1, -0.05) is 35.9 Å². The van der Waals surface area contributed by atoms with Crippen molar-refractivity contribution in [1.29, 1.82) is 0 Å². The number of carbonyl (C=O) groups excluding carboxylic acids is 1. The quantitative estimate of drug-likeness (QED) is 0.656. The van der Waals surface area contributed by atoms with E-state index in [4.69, 9.17) is 0 Å². The number of urea groups is 1. The highest BCUT2D eigenvalue weighted by Crippen LogP contribution is 2.25. The number of benzene rings is 3. The zero-order chi connectivity index (χ0) is 21.3. The van der Waals surface area contributed by atoms with Crippen LogP contribution < -0.4 is 19.9 Å². The van der Waals surface area contributed by atoms with E-state index in [1.807, 2.05) is 73.7 Å². The average molecular weight is 401 g/mol. The number of amides is 2. The second kappa shape index (κ2) is 7.65. The number of hydrogen-bond donors (Lipinski definition) is 1. The first-order valence-electron chi connectivity index (χ1n) is 9.86. The molecule has 0 saturated carbocycles. The van der Waals surface area contributed by atoms with Gasteiger partial charge >= 0.3 is 6.03 Å². The Morgan fingerprint density at radius 2 is 1.43 bits per heavy atom. The summed E-state index contributed by atoms with van der Waals surface area (Å²) in [6, 6.07) is 25.2. The Hall–Kier alpha value is -3.64. The Balaban J connectivity index is 1.76. The Morgan fingerprint density at radius 3 is 2.03 bits per heavy atom. The van der Waals surface area contributed by atoms with Crippen LogP contribution in [-0.4, -0.2) is 33.0 Å². The predicted octanol–water partition coefficient (Wildman–Crippen LogP) is 4.50. The smallest absolute Gasteiger partial charge is 0.298 e. The lowest BCUT2D eigenvalue weighted by atomic mass is 10.1. The fourth-order valence-electron chi connectivity index (χ4n) is 3.21. The van der Waals surface area contributed by atoms with Crippen LogP contribution in [0.25, 0.3) is 0 Å². The van der Waals surface area contributed by atoms with Gasteiger partial charge in [-0.2, -0.15) is 5.01 Å². The number of carbonyl (C=O) groups is 1. The minimum Gasteiger partial charge on any atom is -0.298 e. The zero-order valence-corrected chi connectivity index (χ0v) is 17.7. The lowest BCUT2D eigenvalue weighted by Gasteiger charge is -2.34. The van der Waals surface area contributed by atoms with Crippen LogP contribution in [0.5, 0.6) is 0 Å². The third kappa shape index (κ3) is 3.90. The fourth-order valence-corrected chi connectivity index (χ4v) is 3.21. The summed E-state index contributed by atoms with van der Waals surface area (Å²) in [5, 5.41) is 7.59. The zero-order valence-electron chi connectivity index (χ0n) is 17.7. The van der Waals surface area contributed by atoms with E-state index in [1.165, 1.54) is 15.7 Å². The Labute approximate surface area is 177 Å². The first kappa shape index (κ1) is 19.7. The molecule has 152 valence electrons. The summed E-state index contributed by atoms with van der Waals surface area (Å²) in [5.74, 6) is 0.604. The summed E-state index contributed by atoms with van der Waals surface area (Å²) in [4.78, 5) is 13.3. The van der Waals surface area contributed by atoms with Gasteiger partial charge in [0.05, 0.1) is 32.5 Å². The second-order valence-corrected chi connectivity index (χ2v) is 8.22. The van der Waals surface area contributed by atoms with Gasteiger partial charge in [0.1, 0.15) is 5.69 Å². The van der Waals surface area contributed by atoms with Gasteiger partial charge in [-0.15, -0.1) is 5.10 Å². The number of anilines is 2. The number of nitrogens with one attached hydrogen (secondary N) is 1. The van der Waals surface area contributed by atoms with Crippen LogP contribution in [0.4, 0.5) is 21.9 Å². The lowest BCUT2D eigenvalue weighted by Crippen LogP contribution is -2.56. The van der Waals surface area contributed by atoms with Crippen LogP contribution >= 0.6 is 0 Å². The maximum Gasteiger partial charge on any atom is 0.368 e. The van der Waals surface area contributed by atoms with E-state index in [0.717, 1.165) is 21.3 Å². The average Bonchev–Trinajstić information content (AvgIpc) is 2.75. The highest BCUT2D eigenvalue weighted by atomic mass is 16.2. The minimum absolute atomic E-state index is 0.267. The SMILES string of the molecule is Cc1ccc(N2NC(c3ccc([N+](C)(C)C)cc3)=NN(c3ccccc3)C2=O)cc1. The highest BCUT2D eigenvalue weighted by molar-refractivity contribution is 6.13. The van der Waals surface area contributed by atoms with Gasteiger partial charge in [0.2, 0.25) is 0 Å². The molecule has 6 nitrogen and oxygen atoms in total. The number of aryl methyl sites for hydroxylation is 1. The number of hydrazone groups is 1. The van der Waals surface area contributed by atoms with E-state index < -0.39 is 0 Å². The third-order valence-corrected chi connectivity index (χ3v) is 5.00. The molecule has 0 atom stereocenters. The van der Waals surface area contributed by atoms with Gasteiger partial charge < -0.3 is 0 Å². The first-order valence-corrected chi connectivity index (χ1v) is 9.86. The van der Waals surface area contributed by atoms with Gasteiger partial charge in [0, 0.05) is 5.56 Å². The molecule has 0 aromatic heterocycles. The van der Waals surface area contributed by atoms with Crippen LogP contribution in [0.15, 0.2) is 84.0 Å². The van der Waals surface area contributed by atoms with E-state index in [0.29, 0.717) is 11.5 Å². The van der Waals surface area contributed by atoms with Gasteiger partial charge in [0.15, 0.2) is 5.84 Å². The van der Waals surface area contributed by atoms with Crippen molar-refractivity contribution in [3.05, 3.63) is 90.0 Å². The molecule has 1 N–H and O–H groups in total. The number of hydrazine groups is 1. The van der Waals surface area contributed by atoms with Crippen LogP contribution in [0.2, 0.25) is 0 Å². The first-order chi connectivity index (χ1) is 14.3. The standard InChI is InChI=1S/C24H26N5O/c1-18-10-14-21(15-11-18)28-24(30)27(20-8-6-5-7-9-20)25-23(26-28)19-12-16-22(17-13-19)29(2,3)4/h5-17H,1-4H3,(H,25,26)/q+1. The van der Waals surface area contributed by atoms with Crippen molar-refractivity contribution in [1.82, 2.24) is 9.91 Å². The van der Waals surface area contributed by atoms with Gasteiger partial charge in [0.25, 0.3) is 0 Å². The normalized spacial score (nSPS) is 14.4. The summed E-state index contributed by atoms with van der Waals surface area (Å²) in [6.45, 7) is 2.02. The molecule has 30 heavy (non-hydrogen) atoms. The highest BCUT2D eigenvalue weighted by Gasteiger charge is 2.30. The van der Waals surface area contributed by atoms with Crippen molar-refractivity contribution in [2.75, 3.05) is 31.2 Å². The Kier molecular flexibility index (Phi) is 5.01. The maximum absolute atomic E-state index is 13.3. The molecule has 6 heteroatoms. The molecule has 0 spiro atoms. The second-order valence-electron chi connectivity index (χ2n) is 8.22. The monoisotopic (exact) mass is 400 g/mol. The molecule has 0 bridgehead atoms. The van der Waals surface area contributed by atoms with Crippen molar-refractivity contribution in [3.63, 3.8) is 0 Å². The van der Waals surface area contributed by atoms with E-state index in [1.54, 1.807) is 0 Å². The maximum atomic E-state index is 13.3. The molecular weight excluding hydrogens is 374 g/mol. The molecular formula is C24H26N5O+. The van der Waals surface area contributed by atoms with Crippen LogP contribution in [0, 0.1) is 6.92 Å². The van der Waals surface area contributed by atoms with Gasteiger partial charge in [-0.25, -0.2) is 9.80 Å². The number of quaternary nitrogens is 1. The van der Waals surface area contributed by atoms with E-state index >= 15 is 0 Å². The molecule has 3 aromatic rings. The molecule has 1 heterocycles. The van der Waals surface area contributed by atoms with Crippen LogP contribution in [-0.2, 0) is 0 Å². The summed E-state index contributed by atoms with van der Waals surface area (Å²) < 4.78 is 0.726. The van der Waals surface area contributed by atoms with Crippen molar-refractivity contribution < 1.29 is 4.79 Å². The molecule has 3 aromatic carbocycles. The molecule has 4 rings (SSSR count). The molecule has 0 radical (unpaired) electrons. The summed E-state index contributed by atoms with van der Waals surface area (Å²) in [5.41, 5.74) is 7.88. The van der Waals surface area contributed by atoms with Crippen molar-refractivity contribution >= 4 is 28.9 Å². The Bertz CT molecular complexity index is 1070. The van der Waals surface area contributed by atoms with Gasteiger partial charge in [-0.3, -0.25) is 9.91 Å².